The van der Waals surface area contributed by atoms with Gasteiger partial charge in [-0.15, -0.1) is 0 Å². The summed E-state index contributed by atoms with van der Waals surface area (Å²) in [5, 5.41) is 3.69. The molecule has 0 heterocycles. The molecule has 1 atom stereocenters. The third-order valence-electron chi connectivity index (χ3n) is 4.50. The molecule has 1 aliphatic rings. The lowest BCUT2D eigenvalue weighted by atomic mass is 9.78. The normalized spacial score (nSPS) is 18.6. The van der Waals surface area contributed by atoms with Gasteiger partial charge in [0.1, 0.15) is 0 Å². The molecule has 19 heavy (non-hydrogen) atoms. The molecule has 0 aromatic heterocycles. The van der Waals surface area contributed by atoms with E-state index in [0.717, 1.165) is 24.9 Å². The summed E-state index contributed by atoms with van der Waals surface area (Å²) in [5.41, 5.74) is 3.41. The van der Waals surface area contributed by atoms with E-state index in [0.29, 0.717) is 5.41 Å². The molecule has 1 fully saturated rings. The fourth-order valence-corrected chi connectivity index (χ4v) is 3.02. The first-order valence-corrected chi connectivity index (χ1v) is 7.76. The van der Waals surface area contributed by atoms with E-state index in [2.05, 4.69) is 57.3 Å². The van der Waals surface area contributed by atoms with E-state index in [9.17, 15) is 0 Å². The van der Waals surface area contributed by atoms with Crippen molar-refractivity contribution in [3.63, 3.8) is 0 Å². The lowest BCUT2D eigenvalue weighted by Crippen LogP contribution is -2.37. The Morgan fingerprint density at radius 3 is 2.53 bits per heavy atom. The zero-order valence-corrected chi connectivity index (χ0v) is 13.0. The van der Waals surface area contributed by atoms with Gasteiger partial charge in [0, 0.05) is 6.54 Å². The van der Waals surface area contributed by atoms with Crippen molar-refractivity contribution < 1.29 is 0 Å². The number of hydrogen-bond acceptors (Lipinski definition) is 1. The number of nitrogens with one attached hydrogen (secondary N) is 1. The molecule has 1 nitrogen and oxygen atoms in total. The minimum atomic E-state index is 0.432. The molecule has 1 heteroatoms. The van der Waals surface area contributed by atoms with E-state index in [-0.39, 0.29) is 0 Å². The Balaban J connectivity index is 2.01. The topological polar surface area (TPSA) is 12.0 Å². The number of benzene rings is 1. The van der Waals surface area contributed by atoms with Crippen LogP contribution >= 0.6 is 0 Å². The van der Waals surface area contributed by atoms with Crippen molar-refractivity contribution in [3.05, 3.63) is 35.4 Å². The molecule has 1 saturated carbocycles. The van der Waals surface area contributed by atoms with Gasteiger partial charge < -0.3 is 5.32 Å². The van der Waals surface area contributed by atoms with Crippen molar-refractivity contribution in [2.75, 3.05) is 13.1 Å². The fourth-order valence-electron chi connectivity index (χ4n) is 3.02. The maximum atomic E-state index is 3.69. The maximum Gasteiger partial charge on any atom is 0.00111 e. The van der Waals surface area contributed by atoms with Crippen LogP contribution in [0.4, 0.5) is 0 Å². The maximum absolute atomic E-state index is 3.69. The molecule has 1 unspecified atom stereocenters. The SMILES string of the molecule is Cc1ccccc1CC(C)(CNCC(C)C)C1CC1. The highest BCUT2D eigenvalue weighted by molar-refractivity contribution is 5.27. The van der Waals surface area contributed by atoms with Crippen LogP contribution in [0.5, 0.6) is 0 Å². The summed E-state index contributed by atoms with van der Waals surface area (Å²) in [7, 11) is 0. The van der Waals surface area contributed by atoms with Crippen molar-refractivity contribution in [2.24, 2.45) is 17.3 Å². The fraction of sp³-hybridized carbons (Fsp3) is 0.667. The highest BCUT2D eigenvalue weighted by Crippen LogP contribution is 2.47. The van der Waals surface area contributed by atoms with Crippen LogP contribution in [0.2, 0.25) is 0 Å². The highest BCUT2D eigenvalue weighted by Gasteiger charge is 2.41. The molecule has 0 bridgehead atoms. The van der Waals surface area contributed by atoms with Gasteiger partial charge in [-0.25, -0.2) is 0 Å². The summed E-state index contributed by atoms with van der Waals surface area (Å²) in [6.45, 7) is 11.6. The summed E-state index contributed by atoms with van der Waals surface area (Å²) in [6.07, 6.45) is 4.06. The predicted octanol–water partition coefficient (Wildman–Crippen LogP) is 4.20. The molecule has 1 N–H and O–H groups in total. The molecule has 0 saturated heterocycles. The van der Waals surface area contributed by atoms with Gasteiger partial charge in [0.15, 0.2) is 0 Å². The summed E-state index contributed by atoms with van der Waals surface area (Å²) >= 11 is 0. The Kier molecular flexibility index (Phi) is 4.67. The zero-order chi connectivity index (χ0) is 13.9. The second-order valence-corrected chi connectivity index (χ2v) is 7.06. The Morgan fingerprint density at radius 2 is 1.95 bits per heavy atom. The standard InChI is InChI=1S/C18H29N/c1-14(2)12-19-13-18(4,17-9-10-17)11-16-8-6-5-7-15(16)3/h5-8,14,17,19H,9-13H2,1-4H3. The van der Waals surface area contributed by atoms with E-state index >= 15 is 0 Å². The lowest BCUT2D eigenvalue weighted by molar-refractivity contribution is 0.251. The van der Waals surface area contributed by atoms with Gasteiger partial charge in [-0.05, 0) is 61.1 Å². The third kappa shape index (κ3) is 4.07. The zero-order valence-electron chi connectivity index (χ0n) is 13.0. The number of aryl methyl sites for hydroxylation is 1. The molecule has 1 aliphatic carbocycles. The highest BCUT2D eigenvalue weighted by atomic mass is 14.9. The lowest BCUT2D eigenvalue weighted by Gasteiger charge is -2.31. The molecule has 0 radical (unpaired) electrons. The molecule has 1 aromatic rings. The van der Waals surface area contributed by atoms with Crippen LogP contribution in [0.15, 0.2) is 24.3 Å². The Hall–Kier alpha value is -0.820. The first kappa shape index (κ1) is 14.6. The summed E-state index contributed by atoms with van der Waals surface area (Å²) in [5.74, 6) is 1.66. The van der Waals surface area contributed by atoms with Crippen molar-refractivity contribution in [1.82, 2.24) is 5.32 Å². The van der Waals surface area contributed by atoms with Crippen LogP contribution in [-0.4, -0.2) is 13.1 Å². The minimum absolute atomic E-state index is 0.432. The van der Waals surface area contributed by atoms with Gasteiger partial charge in [-0.1, -0.05) is 45.0 Å². The van der Waals surface area contributed by atoms with Gasteiger partial charge in [-0.3, -0.25) is 0 Å². The van der Waals surface area contributed by atoms with Crippen LogP contribution in [0.1, 0.15) is 44.7 Å². The van der Waals surface area contributed by atoms with Crippen molar-refractivity contribution in [2.45, 2.75) is 47.0 Å². The first-order valence-electron chi connectivity index (χ1n) is 7.76. The number of rotatable bonds is 7. The van der Waals surface area contributed by atoms with Gasteiger partial charge in [0.05, 0.1) is 0 Å². The molecule has 106 valence electrons. The van der Waals surface area contributed by atoms with Crippen molar-refractivity contribution in [3.8, 4) is 0 Å². The summed E-state index contributed by atoms with van der Waals surface area (Å²) in [6, 6.07) is 8.87. The minimum Gasteiger partial charge on any atom is -0.316 e. The van der Waals surface area contributed by atoms with Gasteiger partial charge in [0.25, 0.3) is 0 Å². The van der Waals surface area contributed by atoms with Gasteiger partial charge in [0.2, 0.25) is 0 Å². The molecule has 2 rings (SSSR count). The van der Waals surface area contributed by atoms with Crippen LogP contribution in [0, 0.1) is 24.2 Å². The van der Waals surface area contributed by atoms with E-state index in [1.165, 1.54) is 30.4 Å². The average molecular weight is 259 g/mol. The van der Waals surface area contributed by atoms with E-state index in [1.807, 2.05) is 0 Å². The van der Waals surface area contributed by atoms with E-state index < -0.39 is 0 Å². The smallest absolute Gasteiger partial charge is 0.00111 e. The molecule has 0 aliphatic heterocycles. The quantitative estimate of drug-likeness (QED) is 0.774. The van der Waals surface area contributed by atoms with Crippen LogP contribution in [0.25, 0.3) is 0 Å². The van der Waals surface area contributed by atoms with Crippen molar-refractivity contribution in [1.29, 1.82) is 0 Å². The predicted molar refractivity (Wildman–Crippen MR) is 83.4 cm³/mol. The summed E-state index contributed by atoms with van der Waals surface area (Å²) in [4.78, 5) is 0. The number of hydrogen-bond donors (Lipinski definition) is 1. The van der Waals surface area contributed by atoms with Crippen LogP contribution < -0.4 is 5.32 Å². The second-order valence-electron chi connectivity index (χ2n) is 7.06. The van der Waals surface area contributed by atoms with Gasteiger partial charge >= 0.3 is 0 Å². The average Bonchev–Trinajstić information content (AvgIpc) is 3.16. The van der Waals surface area contributed by atoms with Crippen LogP contribution in [0.3, 0.4) is 0 Å². The second kappa shape index (κ2) is 6.09. The summed E-state index contributed by atoms with van der Waals surface area (Å²) < 4.78 is 0. The molecular formula is C18H29N. The largest absolute Gasteiger partial charge is 0.316 e. The van der Waals surface area contributed by atoms with Crippen LogP contribution in [-0.2, 0) is 6.42 Å². The Bertz CT molecular complexity index is 406. The molecular weight excluding hydrogens is 230 g/mol. The van der Waals surface area contributed by atoms with E-state index in [1.54, 1.807) is 0 Å². The van der Waals surface area contributed by atoms with Crippen molar-refractivity contribution >= 4 is 0 Å². The first-order chi connectivity index (χ1) is 9.01. The van der Waals surface area contributed by atoms with Gasteiger partial charge in [-0.2, -0.15) is 0 Å². The molecule has 1 aromatic carbocycles. The molecule has 0 spiro atoms. The molecule has 0 amide bonds. The van der Waals surface area contributed by atoms with E-state index in [4.69, 9.17) is 0 Å². The Labute approximate surface area is 118 Å². The Morgan fingerprint density at radius 1 is 1.26 bits per heavy atom. The monoisotopic (exact) mass is 259 g/mol. The third-order valence-corrected chi connectivity index (χ3v) is 4.50.